The van der Waals surface area contributed by atoms with Crippen LogP contribution in [0.4, 0.5) is 8.78 Å². The van der Waals surface area contributed by atoms with Gasteiger partial charge >= 0.3 is 0 Å². The molecule has 1 aromatic carbocycles. The number of halogens is 2. The highest BCUT2D eigenvalue weighted by molar-refractivity contribution is 7.93. The van der Waals surface area contributed by atoms with Crippen molar-refractivity contribution in [1.29, 1.82) is 0 Å². The van der Waals surface area contributed by atoms with E-state index >= 15 is 0 Å². The number of aryl methyl sites for hydroxylation is 1. The number of aromatic amines is 1. The van der Waals surface area contributed by atoms with Crippen molar-refractivity contribution in [1.82, 2.24) is 9.55 Å². The summed E-state index contributed by atoms with van der Waals surface area (Å²) in [5, 5.41) is 0.690. The van der Waals surface area contributed by atoms with Crippen LogP contribution < -0.4 is 10.3 Å². The van der Waals surface area contributed by atoms with Crippen LogP contribution in [0, 0.1) is 5.92 Å². The molecule has 0 bridgehead atoms. The predicted molar refractivity (Wildman–Crippen MR) is 111 cm³/mol. The molecule has 1 fully saturated rings. The third-order valence-corrected chi connectivity index (χ3v) is 8.21. The number of pyridine rings is 1. The first-order valence-electron chi connectivity index (χ1n) is 9.81. The van der Waals surface area contributed by atoms with Gasteiger partial charge in [0.15, 0.2) is 0 Å². The van der Waals surface area contributed by atoms with Gasteiger partial charge < -0.3 is 14.3 Å². The van der Waals surface area contributed by atoms with Crippen LogP contribution in [0.3, 0.4) is 0 Å². The summed E-state index contributed by atoms with van der Waals surface area (Å²) in [6.45, 7) is 0.465. The first kappa shape index (κ1) is 19.3. The number of alkyl halides is 2. The van der Waals surface area contributed by atoms with Crippen LogP contribution >= 0.6 is 0 Å². The van der Waals surface area contributed by atoms with Gasteiger partial charge in [0.2, 0.25) is 0 Å². The summed E-state index contributed by atoms with van der Waals surface area (Å²) in [4.78, 5) is 16.0. The first-order valence-corrected chi connectivity index (χ1v) is 11.5. The molecular formula is C21H21F2N3O3S. The zero-order valence-electron chi connectivity index (χ0n) is 16.4. The molecule has 0 amide bonds. The van der Waals surface area contributed by atoms with Gasteiger partial charge in [-0.3, -0.25) is 4.79 Å². The molecule has 2 unspecified atom stereocenters. The van der Waals surface area contributed by atoms with Gasteiger partial charge in [-0.25, -0.2) is 17.4 Å². The maximum absolute atomic E-state index is 13.3. The molecule has 1 N–H and O–H groups in total. The van der Waals surface area contributed by atoms with E-state index in [2.05, 4.69) is 9.35 Å². The zero-order valence-corrected chi connectivity index (χ0v) is 17.2. The number of nitrogens with one attached hydrogen (secondary N) is 1. The zero-order chi connectivity index (χ0) is 21.1. The summed E-state index contributed by atoms with van der Waals surface area (Å²) >= 11 is 0. The van der Waals surface area contributed by atoms with Crippen LogP contribution in [0.2, 0.25) is 0 Å². The molecule has 2 aliphatic rings. The number of hydrogen-bond donors (Lipinski definition) is 1. The van der Waals surface area contributed by atoms with Crippen LogP contribution in [0.5, 0.6) is 5.75 Å². The number of ether oxygens (including phenoxy) is 1. The molecule has 1 aliphatic carbocycles. The maximum atomic E-state index is 13.3. The highest BCUT2D eigenvalue weighted by atomic mass is 32.2. The number of aromatic nitrogens is 2. The van der Waals surface area contributed by atoms with E-state index in [4.69, 9.17) is 4.74 Å². The van der Waals surface area contributed by atoms with Gasteiger partial charge in [-0.1, -0.05) is 0 Å². The standard InChI is InChI=1S/C21H21F2N3O3S/c1-26-11-17(15-5-7-24-19(15)20(26)27)16-9-14(30(28)8-2-6-25-30)3-4-18(16)29-12-13-10-21(13,22)23/h3-5,7,9,11,13,24H,2,6,8,10,12H2,1H3. The second-order valence-corrected chi connectivity index (χ2v) is 10.3. The van der Waals surface area contributed by atoms with E-state index in [0.717, 1.165) is 6.42 Å². The van der Waals surface area contributed by atoms with Crippen molar-refractivity contribution in [3.63, 3.8) is 0 Å². The van der Waals surface area contributed by atoms with E-state index in [0.29, 0.717) is 45.0 Å². The summed E-state index contributed by atoms with van der Waals surface area (Å²) in [6.07, 6.45) is 3.96. The largest absolute Gasteiger partial charge is 0.492 e. The molecule has 3 aromatic rings. The lowest BCUT2D eigenvalue weighted by atomic mass is 10.0. The Morgan fingerprint density at radius 3 is 2.83 bits per heavy atom. The second-order valence-electron chi connectivity index (χ2n) is 7.91. The molecule has 158 valence electrons. The van der Waals surface area contributed by atoms with Crippen molar-refractivity contribution < 1.29 is 17.7 Å². The van der Waals surface area contributed by atoms with Gasteiger partial charge in [-0.05, 0) is 30.7 Å². The predicted octanol–water partition coefficient (Wildman–Crippen LogP) is 3.80. The Hall–Kier alpha value is -2.68. The molecule has 0 saturated heterocycles. The molecule has 2 atom stereocenters. The molecule has 3 heterocycles. The number of H-pyrrole nitrogens is 1. The highest BCUT2D eigenvalue weighted by Gasteiger charge is 2.57. The van der Waals surface area contributed by atoms with Gasteiger partial charge in [0, 0.05) is 59.6 Å². The Balaban J connectivity index is 1.66. The average molecular weight is 433 g/mol. The van der Waals surface area contributed by atoms with Gasteiger partial charge in [-0.2, -0.15) is 0 Å². The minimum Gasteiger partial charge on any atom is -0.492 e. The topological polar surface area (TPSA) is 76.5 Å². The summed E-state index contributed by atoms with van der Waals surface area (Å²) in [6, 6.07) is 6.94. The van der Waals surface area contributed by atoms with Crippen LogP contribution in [0.15, 0.2) is 50.7 Å². The number of hydrogen-bond acceptors (Lipinski definition) is 4. The SMILES string of the molecule is Cn1cc(-c2cc(S3(=O)=NCCC3)ccc2OCC2CC2(F)F)c2cc[nH]c2c1=O. The van der Waals surface area contributed by atoms with E-state index in [-0.39, 0.29) is 18.6 Å². The third-order valence-electron chi connectivity index (χ3n) is 5.78. The summed E-state index contributed by atoms with van der Waals surface area (Å²) < 4.78 is 51.4. The van der Waals surface area contributed by atoms with Crippen LogP contribution in [-0.4, -0.2) is 38.6 Å². The quantitative estimate of drug-likeness (QED) is 0.665. The van der Waals surface area contributed by atoms with Crippen molar-refractivity contribution in [3.05, 3.63) is 47.0 Å². The van der Waals surface area contributed by atoms with Crippen molar-refractivity contribution in [2.75, 3.05) is 18.9 Å². The van der Waals surface area contributed by atoms with Crippen molar-refractivity contribution in [3.8, 4) is 16.9 Å². The molecule has 6 nitrogen and oxygen atoms in total. The fourth-order valence-electron chi connectivity index (χ4n) is 3.90. The highest BCUT2D eigenvalue weighted by Crippen LogP contribution is 2.49. The lowest BCUT2D eigenvalue weighted by molar-refractivity contribution is 0.0857. The lowest BCUT2D eigenvalue weighted by Crippen LogP contribution is -2.16. The fraction of sp³-hybridized carbons (Fsp3) is 0.381. The van der Waals surface area contributed by atoms with E-state index in [1.807, 2.05) is 0 Å². The van der Waals surface area contributed by atoms with Gasteiger partial charge in [0.1, 0.15) is 11.3 Å². The summed E-state index contributed by atoms with van der Waals surface area (Å²) in [5.74, 6) is -2.55. The Kier molecular flexibility index (Phi) is 4.29. The van der Waals surface area contributed by atoms with Gasteiger partial charge in [0.25, 0.3) is 11.5 Å². The maximum Gasteiger partial charge on any atom is 0.274 e. The van der Waals surface area contributed by atoms with E-state index in [9.17, 15) is 17.8 Å². The normalized spacial score (nSPS) is 24.7. The molecule has 1 saturated carbocycles. The average Bonchev–Trinajstić information content (AvgIpc) is 3.12. The van der Waals surface area contributed by atoms with Gasteiger partial charge in [-0.15, -0.1) is 0 Å². The minimum atomic E-state index is -2.67. The van der Waals surface area contributed by atoms with Crippen molar-refractivity contribution in [2.24, 2.45) is 17.3 Å². The molecule has 1 aliphatic heterocycles. The van der Waals surface area contributed by atoms with Gasteiger partial charge in [0.05, 0.1) is 22.3 Å². The molecular weight excluding hydrogens is 412 g/mol. The molecule has 0 spiro atoms. The minimum absolute atomic E-state index is 0.0961. The number of fused-ring (bicyclic) bond motifs is 1. The molecule has 30 heavy (non-hydrogen) atoms. The van der Waals surface area contributed by atoms with Crippen LogP contribution in [0.25, 0.3) is 22.0 Å². The Morgan fingerprint density at radius 2 is 2.13 bits per heavy atom. The fourth-order valence-corrected chi connectivity index (χ4v) is 5.94. The smallest absolute Gasteiger partial charge is 0.274 e. The van der Waals surface area contributed by atoms with Crippen molar-refractivity contribution >= 4 is 20.6 Å². The summed E-state index contributed by atoms with van der Waals surface area (Å²) in [5.41, 5.74) is 1.58. The number of nitrogens with zero attached hydrogens (tertiary/aromatic N) is 2. The molecule has 9 heteroatoms. The van der Waals surface area contributed by atoms with Crippen LogP contribution in [-0.2, 0) is 16.8 Å². The molecule has 2 aromatic heterocycles. The third kappa shape index (κ3) is 3.12. The van der Waals surface area contributed by atoms with E-state index in [1.54, 1.807) is 43.7 Å². The lowest BCUT2D eigenvalue weighted by Gasteiger charge is -2.16. The van der Waals surface area contributed by atoms with E-state index < -0.39 is 21.6 Å². The Bertz CT molecular complexity index is 1340. The molecule has 5 rings (SSSR count). The second kappa shape index (κ2) is 6.66. The van der Waals surface area contributed by atoms with E-state index in [1.165, 1.54) is 4.57 Å². The monoisotopic (exact) mass is 433 g/mol. The molecule has 0 radical (unpaired) electrons. The summed E-state index contributed by atoms with van der Waals surface area (Å²) in [7, 11) is -0.856. The Morgan fingerprint density at radius 1 is 1.33 bits per heavy atom. The number of rotatable bonds is 5. The Labute approximate surface area is 172 Å². The van der Waals surface area contributed by atoms with Crippen LogP contribution in [0.1, 0.15) is 12.8 Å². The van der Waals surface area contributed by atoms with Crippen molar-refractivity contribution in [2.45, 2.75) is 23.7 Å². The number of benzene rings is 1. The first-order chi connectivity index (χ1) is 14.3.